The summed E-state index contributed by atoms with van der Waals surface area (Å²) in [5, 5.41) is 7.36. The Hall–Kier alpha value is -0.980. The highest BCUT2D eigenvalue weighted by Gasteiger charge is 2.14. The molecule has 1 aliphatic heterocycles. The number of nitrogens with one attached hydrogen (secondary N) is 1. The molecule has 1 unspecified atom stereocenters. The van der Waals surface area contributed by atoms with E-state index in [1.807, 2.05) is 6.92 Å². The number of ether oxygens (including phenoxy) is 1. The molecular weight excluding hydrogens is 232 g/mol. The Morgan fingerprint density at radius 3 is 3.17 bits per heavy atom. The largest absolute Gasteiger partial charge is 0.381 e. The maximum absolute atomic E-state index is 5.27. The van der Waals surface area contributed by atoms with Gasteiger partial charge in [-0.2, -0.15) is 4.98 Å². The van der Waals surface area contributed by atoms with Crippen LogP contribution in [0.2, 0.25) is 0 Å². The van der Waals surface area contributed by atoms with Crippen molar-refractivity contribution < 1.29 is 9.26 Å². The molecule has 1 aliphatic rings. The normalized spacial score (nSPS) is 19.7. The van der Waals surface area contributed by atoms with E-state index in [1.165, 1.54) is 6.42 Å². The molecular formula is C12H22N4O2. The van der Waals surface area contributed by atoms with Gasteiger partial charge in [-0.05, 0) is 26.4 Å². The van der Waals surface area contributed by atoms with Crippen molar-refractivity contribution in [3.05, 3.63) is 11.7 Å². The van der Waals surface area contributed by atoms with Gasteiger partial charge >= 0.3 is 0 Å². The molecule has 1 aromatic heterocycles. The van der Waals surface area contributed by atoms with E-state index in [1.54, 1.807) is 7.11 Å². The summed E-state index contributed by atoms with van der Waals surface area (Å²) in [6.45, 7) is 6.98. The Bertz CT molecular complexity index is 348. The highest BCUT2D eigenvalue weighted by molar-refractivity contribution is 4.88. The third-order valence-electron chi connectivity index (χ3n) is 3.17. The quantitative estimate of drug-likeness (QED) is 0.823. The van der Waals surface area contributed by atoms with Crippen LogP contribution in [0.15, 0.2) is 4.52 Å². The summed E-state index contributed by atoms with van der Waals surface area (Å²) in [6.07, 6.45) is 1.99. The number of methoxy groups -OCH3 is 1. The Morgan fingerprint density at radius 1 is 1.44 bits per heavy atom. The SMILES string of the molecule is COC(C)Cc1noc(CN2CCCNCC2)n1. The molecule has 102 valence electrons. The fraction of sp³-hybridized carbons (Fsp3) is 0.833. The number of aromatic nitrogens is 2. The van der Waals surface area contributed by atoms with Crippen LogP contribution in [0.4, 0.5) is 0 Å². The zero-order chi connectivity index (χ0) is 12.8. The molecule has 2 heterocycles. The van der Waals surface area contributed by atoms with Crippen molar-refractivity contribution in [1.82, 2.24) is 20.4 Å². The van der Waals surface area contributed by atoms with Gasteiger partial charge in [0.15, 0.2) is 5.82 Å². The van der Waals surface area contributed by atoms with Crippen LogP contribution in [-0.2, 0) is 17.7 Å². The van der Waals surface area contributed by atoms with Gasteiger partial charge in [0.1, 0.15) is 0 Å². The summed E-state index contributed by atoms with van der Waals surface area (Å²) < 4.78 is 10.5. The standard InChI is InChI=1S/C12H22N4O2/c1-10(17-2)8-11-14-12(18-15-11)9-16-6-3-4-13-5-7-16/h10,13H,3-9H2,1-2H3. The van der Waals surface area contributed by atoms with Gasteiger partial charge < -0.3 is 14.6 Å². The summed E-state index contributed by atoms with van der Waals surface area (Å²) in [5.74, 6) is 1.43. The van der Waals surface area contributed by atoms with Crippen LogP contribution in [-0.4, -0.2) is 54.4 Å². The maximum atomic E-state index is 5.27. The van der Waals surface area contributed by atoms with E-state index in [-0.39, 0.29) is 6.10 Å². The van der Waals surface area contributed by atoms with Crippen molar-refractivity contribution in [1.29, 1.82) is 0 Å². The molecule has 0 spiro atoms. The molecule has 18 heavy (non-hydrogen) atoms. The highest BCUT2D eigenvalue weighted by atomic mass is 16.5. The first-order valence-electron chi connectivity index (χ1n) is 6.55. The minimum atomic E-state index is 0.123. The molecule has 2 rings (SSSR count). The van der Waals surface area contributed by atoms with Crippen LogP contribution in [0.25, 0.3) is 0 Å². The molecule has 0 amide bonds. The molecule has 0 bridgehead atoms. The second kappa shape index (κ2) is 6.82. The highest BCUT2D eigenvalue weighted by Crippen LogP contribution is 2.06. The molecule has 1 aromatic rings. The topological polar surface area (TPSA) is 63.4 Å². The summed E-state index contributed by atoms with van der Waals surface area (Å²) >= 11 is 0. The molecule has 1 fully saturated rings. The van der Waals surface area contributed by atoms with Gasteiger partial charge in [-0.25, -0.2) is 0 Å². The third kappa shape index (κ3) is 4.04. The second-order valence-electron chi connectivity index (χ2n) is 4.73. The Labute approximate surface area is 108 Å². The predicted molar refractivity (Wildman–Crippen MR) is 67.2 cm³/mol. The minimum Gasteiger partial charge on any atom is -0.381 e. The van der Waals surface area contributed by atoms with E-state index in [9.17, 15) is 0 Å². The summed E-state index contributed by atoms with van der Waals surface area (Å²) in [4.78, 5) is 6.75. The Balaban J connectivity index is 1.85. The van der Waals surface area contributed by atoms with Crippen LogP contribution in [0, 0.1) is 0 Å². The second-order valence-corrected chi connectivity index (χ2v) is 4.73. The van der Waals surface area contributed by atoms with Crippen LogP contribution in [0.5, 0.6) is 0 Å². The van der Waals surface area contributed by atoms with E-state index < -0.39 is 0 Å². The van der Waals surface area contributed by atoms with Crippen LogP contribution in [0.1, 0.15) is 25.1 Å². The van der Waals surface area contributed by atoms with Gasteiger partial charge in [0, 0.05) is 26.6 Å². The van der Waals surface area contributed by atoms with E-state index >= 15 is 0 Å². The average molecular weight is 254 g/mol. The van der Waals surface area contributed by atoms with Gasteiger partial charge in [0.25, 0.3) is 0 Å². The fourth-order valence-corrected chi connectivity index (χ4v) is 2.03. The monoisotopic (exact) mass is 254 g/mol. The van der Waals surface area contributed by atoms with Crippen molar-refractivity contribution in [2.45, 2.75) is 32.4 Å². The van der Waals surface area contributed by atoms with Gasteiger partial charge in [-0.15, -0.1) is 0 Å². The van der Waals surface area contributed by atoms with Gasteiger partial charge in [-0.1, -0.05) is 5.16 Å². The molecule has 0 radical (unpaired) electrons. The maximum Gasteiger partial charge on any atom is 0.240 e. The van der Waals surface area contributed by atoms with Crippen LogP contribution >= 0.6 is 0 Å². The van der Waals surface area contributed by atoms with Gasteiger partial charge in [0.05, 0.1) is 12.6 Å². The van der Waals surface area contributed by atoms with Crippen molar-refractivity contribution in [2.75, 3.05) is 33.3 Å². The first-order chi connectivity index (χ1) is 8.78. The third-order valence-corrected chi connectivity index (χ3v) is 3.17. The molecule has 1 saturated heterocycles. The molecule has 1 N–H and O–H groups in total. The zero-order valence-corrected chi connectivity index (χ0v) is 11.2. The first-order valence-corrected chi connectivity index (χ1v) is 6.55. The van der Waals surface area contributed by atoms with Gasteiger partial charge in [0.2, 0.25) is 5.89 Å². The van der Waals surface area contributed by atoms with Crippen molar-refractivity contribution in [3.63, 3.8) is 0 Å². The zero-order valence-electron chi connectivity index (χ0n) is 11.2. The van der Waals surface area contributed by atoms with E-state index in [4.69, 9.17) is 9.26 Å². The lowest BCUT2D eigenvalue weighted by Gasteiger charge is -2.16. The summed E-state index contributed by atoms with van der Waals surface area (Å²) in [7, 11) is 1.69. The molecule has 1 atom stereocenters. The molecule has 6 nitrogen and oxygen atoms in total. The smallest absolute Gasteiger partial charge is 0.240 e. The lowest BCUT2D eigenvalue weighted by atomic mass is 10.3. The average Bonchev–Trinajstić information content (AvgIpc) is 2.63. The summed E-state index contributed by atoms with van der Waals surface area (Å²) in [5.41, 5.74) is 0. The predicted octanol–water partition coefficient (Wildman–Crippen LogP) is 0.442. The number of hydrogen-bond acceptors (Lipinski definition) is 6. The molecule has 0 saturated carbocycles. The van der Waals surface area contributed by atoms with Gasteiger partial charge in [-0.3, -0.25) is 4.90 Å². The molecule has 6 heteroatoms. The van der Waals surface area contributed by atoms with E-state index in [0.717, 1.165) is 38.5 Å². The lowest BCUT2D eigenvalue weighted by Crippen LogP contribution is -2.27. The van der Waals surface area contributed by atoms with Crippen LogP contribution in [0.3, 0.4) is 0 Å². The molecule has 0 aromatic carbocycles. The minimum absolute atomic E-state index is 0.123. The first kappa shape index (κ1) is 13.5. The summed E-state index contributed by atoms with van der Waals surface area (Å²) in [6, 6.07) is 0. The number of rotatable bonds is 5. The molecule has 0 aliphatic carbocycles. The van der Waals surface area contributed by atoms with Crippen molar-refractivity contribution in [3.8, 4) is 0 Å². The fourth-order valence-electron chi connectivity index (χ4n) is 2.03. The number of nitrogens with zero attached hydrogens (tertiary/aromatic N) is 3. The van der Waals surface area contributed by atoms with E-state index in [0.29, 0.717) is 12.3 Å². The number of hydrogen-bond donors (Lipinski definition) is 1. The van der Waals surface area contributed by atoms with E-state index in [2.05, 4.69) is 20.4 Å². The van der Waals surface area contributed by atoms with Crippen LogP contribution < -0.4 is 5.32 Å². The van der Waals surface area contributed by atoms with Crippen molar-refractivity contribution >= 4 is 0 Å². The Morgan fingerprint density at radius 2 is 2.33 bits per heavy atom. The van der Waals surface area contributed by atoms with Crippen molar-refractivity contribution in [2.24, 2.45) is 0 Å². The lowest BCUT2D eigenvalue weighted by molar-refractivity contribution is 0.116. The Kier molecular flexibility index (Phi) is 5.10.